The molecule has 2 rings (SSSR count). The zero-order valence-electron chi connectivity index (χ0n) is 11.4. The van der Waals surface area contributed by atoms with Gasteiger partial charge in [0.25, 0.3) is 0 Å². The molecule has 0 aliphatic rings. The Morgan fingerprint density at radius 1 is 0.722 bits per heavy atom. The summed E-state index contributed by atoms with van der Waals surface area (Å²) in [4.78, 5) is 0. The minimum atomic E-state index is 0.140. The molecule has 0 bridgehead atoms. The van der Waals surface area contributed by atoms with E-state index >= 15 is 0 Å². The summed E-state index contributed by atoms with van der Waals surface area (Å²) in [5.41, 5.74) is 5.58. The maximum Gasteiger partial charge on any atom is 0.0245 e. The van der Waals surface area contributed by atoms with Crippen molar-refractivity contribution in [2.75, 3.05) is 0 Å². The highest BCUT2D eigenvalue weighted by Gasteiger charge is 1.98. The summed E-state index contributed by atoms with van der Waals surface area (Å²) >= 11 is 0. The Kier molecular flexibility index (Phi) is 4.77. The van der Waals surface area contributed by atoms with Gasteiger partial charge in [0.1, 0.15) is 0 Å². The Labute approximate surface area is 113 Å². The molecule has 0 unspecified atom stereocenters. The number of hydrogen-bond acceptors (Lipinski definition) is 0. The number of hydrogen-bond donors (Lipinski definition) is 0. The molecule has 1 heteroatoms. The average Bonchev–Trinajstić information content (AvgIpc) is 2.46. The van der Waals surface area contributed by atoms with Crippen LogP contribution in [0, 0.1) is 0 Å². The fourth-order valence-electron chi connectivity index (χ4n) is 2.18. The minimum Gasteiger partial charge on any atom is -0.0683 e. The van der Waals surface area contributed by atoms with E-state index in [9.17, 15) is 0 Å². The molecule has 0 aliphatic carbocycles. The molecule has 94 valence electrons. The van der Waals surface area contributed by atoms with Gasteiger partial charge in [-0.3, -0.25) is 0 Å². The Morgan fingerprint density at radius 3 is 1.67 bits per heavy atom. The molecule has 0 heterocycles. The van der Waals surface area contributed by atoms with Crippen LogP contribution in [0.1, 0.15) is 25.0 Å². The highest BCUT2D eigenvalue weighted by atomic mass is 28.2. The van der Waals surface area contributed by atoms with E-state index in [1.165, 1.54) is 34.3 Å². The summed E-state index contributed by atoms with van der Waals surface area (Å²) in [5.74, 6) is 0. The van der Waals surface area contributed by atoms with Gasteiger partial charge in [0.05, 0.1) is 0 Å². The van der Waals surface area contributed by atoms with Gasteiger partial charge in [0.15, 0.2) is 0 Å². The normalized spacial score (nSPS) is 11.2. The van der Waals surface area contributed by atoms with Crippen molar-refractivity contribution in [1.29, 1.82) is 0 Å². The molecule has 0 amide bonds. The van der Waals surface area contributed by atoms with Crippen LogP contribution in [0.25, 0.3) is 11.1 Å². The Morgan fingerprint density at radius 2 is 1.22 bits per heavy atom. The van der Waals surface area contributed by atoms with Crippen LogP contribution in [0.3, 0.4) is 0 Å². The second kappa shape index (κ2) is 6.55. The number of benzene rings is 2. The molecule has 0 nitrogen and oxygen atoms in total. The van der Waals surface area contributed by atoms with Crippen LogP contribution in [0.2, 0.25) is 6.04 Å². The quantitative estimate of drug-likeness (QED) is 0.707. The van der Waals surface area contributed by atoms with Crippen molar-refractivity contribution in [3.8, 4) is 11.1 Å². The highest BCUT2D eigenvalue weighted by Crippen LogP contribution is 2.20. The lowest BCUT2D eigenvalue weighted by atomic mass is 10.0. The molecule has 0 aliphatic heterocycles. The van der Waals surface area contributed by atoms with Crippen LogP contribution in [0.15, 0.2) is 48.5 Å². The smallest absolute Gasteiger partial charge is 0.0245 e. The Balaban J connectivity index is 2.12. The molecule has 0 N–H and O–H groups in total. The molecule has 0 aromatic heterocycles. The van der Waals surface area contributed by atoms with Crippen LogP contribution in [0.4, 0.5) is 0 Å². The van der Waals surface area contributed by atoms with Gasteiger partial charge in [0, 0.05) is 9.52 Å². The Hall–Kier alpha value is -1.34. The third kappa shape index (κ3) is 3.33. The van der Waals surface area contributed by atoms with E-state index in [0.717, 1.165) is 6.42 Å². The second-order valence-corrected chi connectivity index (χ2v) is 7.06. The molecular weight excluding hydrogens is 232 g/mol. The van der Waals surface area contributed by atoms with Gasteiger partial charge in [-0.2, -0.15) is 0 Å². The first-order chi connectivity index (χ1) is 8.83. The van der Waals surface area contributed by atoms with Gasteiger partial charge in [-0.1, -0.05) is 74.0 Å². The van der Waals surface area contributed by atoms with Gasteiger partial charge in [-0.15, -0.1) is 0 Å². The standard InChI is InChI=1S/C17H22Si/c1-3-14-5-9-16(10-6-14)17-11-7-15(8-12-17)13-18-4-2/h5-12H,3-4,13,18H2,1-2H3. The van der Waals surface area contributed by atoms with Gasteiger partial charge in [-0.25, -0.2) is 0 Å². The first kappa shape index (κ1) is 13.1. The number of rotatable bonds is 5. The van der Waals surface area contributed by atoms with Gasteiger partial charge < -0.3 is 0 Å². The zero-order chi connectivity index (χ0) is 12.8. The molecular formula is C17H22Si. The van der Waals surface area contributed by atoms with Crippen LogP contribution in [-0.4, -0.2) is 9.52 Å². The maximum absolute atomic E-state index is 2.30. The molecule has 0 radical (unpaired) electrons. The van der Waals surface area contributed by atoms with Crippen molar-refractivity contribution in [1.82, 2.24) is 0 Å². The minimum absolute atomic E-state index is 0.140. The summed E-state index contributed by atoms with van der Waals surface area (Å²) in [6, 6.07) is 20.8. The van der Waals surface area contributed by atoms with E-state index in [-0.39, 0.29) is 9.52 Å². The molecule has 0 saturated carbocycles. The van der Waals surface area contributed by atoms with E-state index in [2.05, 4.69) is 62.4 Å². The fraction of sp³-hybridized carbons (Fsp3) is 0.294. The van der Waals surface area contributed by atoms with Crippen molar-refractivity contribution in [3.63, 3.8) is 0 Å². The fourth-order valence-corrected chi connectivity index (χ4v) is 3.27. The number of aryl methyl sites for hydroxylation is 1. The highest BCUT2D eigenvalue weighted by molar-refractivity contribution is 6.34. The maximum atomic E-state index is 2.30. The summed E-state index contributed by atoms with van der Waals surface area (Å²) in [6.07, 6.45) is 1.11. The molecule has 0 fully saturated rings. The van der Waals surface area contributed by atoms with Crippen LogP contribution < -0.4 is 0 Å². The van der Waals surface area contributed by atoms with E-state index in [0.29, 0.717) is 0 Å². The molecule has 2 aromatic rings. The van der Waals surface area contributed by atoms with E-state index in [4.69, 9.17) is 0 Å². The first-order valence-electron chi connectivity index (χ1n) is 7.01. The second-order valence-electron chi connectivity index (χ2n) is 4.85. The largest absolute Gasteiger partial charge is 0.0683 e. The molecule has 0 atom stereocenters. The van der Waals surface area contributed by atoms with Crippen LogP contribution in [0.5, 0.6) is 0 Å². The molecule has 0 saturated heterocycles. The lowest BCUT2D eigenvalue weighted by molar-refractivity contribution is 1.14. The third-order valence-corrected chi connectivity index (χ3v) is 5.11. The molecule has 0 spiro atoms. The summed E-state index contributed by atoms with van der Waals surface area (Å²) in [6.45, 7) is 4.50. The third-order valence-electron chi connectivity index (χ3n) is 3.47. The summed E-state index contributed by atoms with van der Waals surface area (Å²) in [7, 11) is 0.140. The Bertz CT molecular complexity index is 468. The van der Waals surface area contributed by atoms with Gasteiger partial charge in [0.2, 0.25) is 0 Å². The SMILES string of the molecule is CC[SiH2]Cc1ccc(-c2ccc(CC)cc2)cc1. The van der Waals surface area contributed by atoms with Crippen molar-refractivity contribution >= 4 is 9.52 Å². The lowest BCUT2D eigenvalue weighted by Gasteiger charge is -2.05. The zero-order valence-corrected chi connectivity index (χ0v) is 12.9. The van der Waals surface area contributed by atoms with Crippen molar-refractivity contribution in [3.05, 3.63) is 59.7 Å². The summed E-state index contributed by atoms with van der Waals surface area (Å²) < 4.78 is 0. The first-order valence-corrected chi connectivity index (χ1v) is 9.01. The van der Waals surface area contributed by atoms with E-state index in [1.54, 1.807) is 0 Å². The monoisotopic (exact) mass is 254 g/mol. The van der Waals surface area contributed by atoms with E-state index < -0.39 is 0 Å². The van der Waals surface area contributed by atoms with Crippen molar-refractivity contribution in [2.45, 2.75) is 32.4 Å². The van der Waals surface area contributed by atoms with Crippen LogP contribution >= 0.6 is 0 Å². The van der Waals surface area contributed by atoms with Crippen LogP contribution in [-0.2, 0) is 12.5 Å². The predicted octanol–water partition coefficient (Wildman–Crippen LogP) is 4.02. The molecule has 2 aromatic carbocycles. The lowest BCUT2D eigenvalue weighted by Crippen LogP contribution is -1.93. The molecule has 18 heavy (non-hydrogen) atoms. The average molecular weight is 254 g/mol. The summed E-state index contributed by atoms with van der Waals surface area (Å²) in [5, 5.41) is 0. The predicted molar refractivity (Wildman–Crippen MR) is 84.0 cm³/mol. The van der Waals surface area contributed by atoms with Gasteiger partial charge in [-0.05, 0) is 29.2 Å². The van der Waals surface area contributed by atoms with Crippen molar-refractivity contribution in [2.24, 2.45) is 0 Å². The van der Waals surface area contributed by atoms with Gasteiger partial charge >= 0.3 is 0 Å². The van der Waals surface area contributed by atoms with Crippen molar-refractivity contribution < 1.29 is 0 Å². The topological polar surface area (TPSA) is 0 Å². The van der Waals surface area contributed by atoms with E-state index in [1.807, 2.05) is 0 Å².